The molecule has 0 radical (unpaired) electrons. The van der Waals surface area contributed by atoms with Crippen molar-refractivity contribution in [1.29, 1.82) is 0 Å². The fourth-order valence-corrected chi connectivity index (χ4v) is 2.96. The molecule has 2 amide bonds. The number of ether oxygens (including phenoxy) is 1. The third kappa shape index (κ3) is 3.06. The Labute approximate surface area is 129 Å². The number of nitrogens with one attached hydrogen (secondary N) is 1. The molecule has 0 saturated carbocycles. The van der Waals surface area contributed by atoms with Gasteiger partial charge in [-0.2, -0.15) is 0 Å². The van der Waals surface area contributed by atoms with Crippen molar-refractivity contribution in [2.75, 3.05) is 19.8 Å². The lowest BCUT2D eigenvalue weighted by Gasteiger charge is -2.34. The number of amides is 2. The van der Waals surface area contributed by atoms with Crippen LogP contribution in [0.25, 0.3) is 0 Å². The number of rotatable bonds is 4. The van der Waals surface area contributed by atoms with Crippen molar-refractivity contribution in [1.82, 2.24) is 10.2 Å². The Hall–Kier alpha value is -2.08. The molecule has 2 aliphatic rings. The van der Waals surface area contributed by atoms with E-state index in [0.29, 0.717) is 12.5 Å². The van der Waals surface area contributed by atoms with Crippen LogP contribution in [0.4, 0.5) is 4.79 Å². The van der Waals surface area contributed by atoms with Crippen molar-refractivity contribution >= 4 is 12.0 Å². The molecule has 3 rings (SSSR count). The molecule has 0 aliphatic carbocycles. The first-order valence-corrected chi connectivity index (χ1v) is 7.59. The van der Waals surface area contributed by atoms with Crippen molar-refractivity contribution in [3.8, 4) is 0 Å². The minimum Gasteiger partial charge on any atom is -0.465 e. The van der Waals surface area contributed by atoms with E-state index in [9.17, 15) is 14.7 Å². The van der Waals surface area contributed by atoms with Gasteiger partial charge in [-0.15, -0.1) is 0 Å². The molecule has 2 aliphatic heterocycles. The van der Waals surface area contributed by atoms with E-state index < -0.39 is 12.1 Å². The van der Waals surface area contributed by atoms with Crippen LogP contribution in [-0.4, -0.2) is 47.8 Å². The first-order chi connectivity index (χ1) is 10.6. The summed E-state index contributed by atoms with van der Waals surface area (Å²) in [6.07, 6.45) is 0.999. The van der Waals surface area contributed by atoms with Crippen LogP contribution in [0.2, 0.25) is 0 Å². The number of nitrogens with zero attached hydrogens (tertiary/aromatic N) is 1. The maximum atomic E-state index is 11.4. The predicted molar refractivity (Wildman–Crippen MR) is 79.6 cm³/mol. The fourth-order valence-electron chi connectivity index (χ4n) is 2.96. The molecule has 2 N–H and O–H groups in total. The fraction of sp³-hybridized carbons (Fsp3) is 0.500. The smallest absolute Gasteiger partial charge is 0.408 e. The summed E-state index contributed by atoms with van der Waals surface area (Å²) in [5.41, 5.74) is 2.17. The average Bonchev–Trinajstić information content (AvgIpc) is 2.54. The van der Waals surface area contributed by atoms with Crippen LogP contribution >= 0.6 is 0 Å². The average molecular weight is 304 g/mol. The van der Waals surface area contributed by atoms with Gasteiger partial charge in [-0.25, -0.2) is 4.79 Å². The van der Waals surface area contributed by atoms with Gasteiger partial charge < -0.3 is 15.2 Å². The van der Waals surface area contributed by atoms with Crippen molar-refractivity contribution in [2.24, 2.45) is 0 Å². The van der Waals surface area contributed by atoms with Gasteiger partial charge in [-0.3, -0.25) is 9.69 Å². The number of hydrogen-bond donors (Lipinski definition) is 2. The first-order valence-electron chi connectivity index (χ1n) is 7.59. The molecule has 2 fully saturated rings. The molecule has 6 nitrogen and oxygen atoms in total. The van der Waals surface area contributed by atoms with Crippen LogP contribution in [-0.2, 0) is 16.1 Å². The van der Waals surface area contributed by atoms with Crippen LogP contribution in [0.5, 0.6) is 0 Å². The van der Waals surface area contributed by atoms with Gasteiger partial charge >= 0.3 is 6.09 Å². The van der Waals surface area contributed by atoms with Gasteiger partial charge in [0, 0.05) is 26.3 Å². The summed E-state index contributed by atoms with van der Waals surface area (Å²) in [6, 6.07) is 7.47. The summed E-state index contributed by atoms with van der Waals surface area (Å²) < 4.78 is 5.37. The monoisotopic (exact) mass is 304 g/mol. The van der Waals surface area contributed by atoms with Crippen molar-refractivity contribution in [2.45, 2.75) is 31.3 Å². The molecule has 0 unspecified atom stereocenters. The first kappa shape index (κ1) is 14.8. The van der Waals surface area contributed by atoms with Gasteiger partial charge in [0.2, 0.25) is 5.91 Å². The molecule has 0 aromatic heterocycles. The highest BCUT2D eigenvalue weighted by Gasteiger charge is 2.36. The van der Waals surface area contributed by atoms with Crippen molar-refractivity contribution in [3.05, 3.63) is 35.4 Å². The van der Waals surface area contributed by atoms with E-state index >= 15 is 0 Å². The van der Waals surface area contributed by atoms with E-state index in [0.717, 1.165) is 31.6 Å². The van der Waals surface area contributed by atoms with Gasteiger partial charge in [0.15, 0.2) is 0 Å². The zero-order chi connectivity index (χ0) is 15.5. The quantitative estimate of drug-likeness (QED) is 0.827. The van der Waals surface area contributed by atoms with Crippen LogP contribution in [0.15, 0.2) is 24.3 Å². The highest BCUT2D eigenvalue weighted by Crippen LogP contribution is 2.27. The summed E-state index contributed by atoms with van der Waals surface area (Å²) in [7, 11) is 0. The summed E-state index contributed by atoms with van der Waals surface area (Å²) >= 11 is 0. The minimum absolute atomic E-state index is 0.221. The normalized spacial score (nSPS) is 21.8. The number of carboxylic acid groups (broad SMARTS) is 1. The van der Waals surface area contributed by atoms with Gasteiger partial charge in [-0.05, 0) is 29.9 Å². The van der Waals surface area contributed by atoms with Crippen LogP contribution in [0.3, 0.4) is 0 Å². The van der Waals surface area contributed by atoms with Crippen molar-refractivity contribution < 1.29 is 19.4 Å². The van der Waals surface area contributed by atoms with E-state index in [1.807, 2.05) is 12.1 Å². The lowest BCUT2D eigenvalue weighted by Crippen LogP contribution is -2.62. The zero-order valence-corrected chi connectivity index (χ0v) is 12.3. The third-order valence-corrected chi connectivity index (χ3v) is 4.42. The summed E-state index contributed by atoms with van der Waals surface area (Å²) in [6.45, 7) is 2.23. The van der Waals surface area contributed by atoms with Gasteiger partial charge in [0.1, 0.15) is 6.04 Å². The van der Waals surface area contributed by atoms with Crippen molar-refractivity contribution in [3.63, 3.8) is 0 Å². The minimum atomic E-state index is -1.06. The van der Waals surface area contributed by atoms with E-state index in [1.54, 1.807) is 0 Å². The maximum Gasteiger partial charge on any atom is 0.408 e. The standard InChI is InChI=1S/C16H20N2O4/c19-15-14(9-17-15)18(16(20)21)10-11-1-3-12(4-2-11)13-5-7-22-8-6-13/h1-4,13-14H,5-10H2,(H,17,19)(H,20,21)/t14-/m0/s1. The largest absolute Gasteiger partial charge is 0.465 e. The molecular weight excluding hydrogens is 284 g/mol. The molecule has 22 heavy (non-hydrogen) atoms. The molecule has 118 valence electrons. The second-order valence-electron chi connectivity index (χ2n) is 5.80. The van der Waals surface area contributed by atoms with Gasteiger partial charge in [0.05, 0.1) is 0 Å². The molecule has 1 atom stereocenters. The molecule has 1 aromatic carbocycles. The number of benzene rings is 1. The Balaban J connectivity index is 1.66. The lowest BCUT2D eigenvalue weighted by atomic mass is 9.91. The van der Waals surface area contributed by atoms with E-state index in [-0.39, 0.29) is 12.5 Å². The lowest BCUT2D eigenvalue weighted by molar-refractivity contribution is -0.132. The zero-order valence-electron chi connectivity index (χ0n) is 12.3. The Bertz CT molecular complexity index is 552. The Morgan fingerprint density at radius 1 is 1.27 bits per heavy atom. The summed E-state index contributed by atoms with van der Waals surface area (Å²) in [4.78, 5) is 23.9. The highest BCUT2D eigenvalue weighted by molar-refractivity contribution is 5.90. The highest BCUT2D eigenvalue weighted by atomic mass is 16.5. The van der Waals surface area contributed by atoms with Crippen LogP contribution < -0.4 is 5.32 Å². The topological polar surface area (TPSA) is 78.9 Å². The van der Waals surface area contributed by atoms with Crippen LogP contribution in [0, 0.1) is 0 Å². The molecule has 2 saturated heterocycles. The SMILES string of the molecule is O=C1NC[C@@H]1N(Cc1ccc(C2CCOCC2)cc1)C(=O)O. The molecule has 0 bridgehead atoms. The van der Waals surface area contributed by atoms with E-state index in [2.05, 4.69) is 17.4 Å². The Morgan fingerprint density at radius 2 is 1.95 bits per heavy atom. The molecule has 1 aromatic rings. The van der Waals surface area contributed by atoms with E-state index in [4.69, 9.17) is 4.74 Å². The Morgan fingerprint density at radius 3 is 2.45 bits per heavy atom. The molecular formula is C16H20N2O4. The Kier molecular flexibility index (Phi) is 4.29. The second-order valence-corrected chi connectivity index (χ2v) is 5.80. The number of hydrogen-bond acceptors (Lipinski definition) is 3. The number of carbonyl (C=O) groups excluding carboxylic acids is 1. The predicted octanol–water partition coefficient (Wildman–Crippen LogP) is 1.56. The second kappa shape index (κ2) is 6.36. The number of β-lactam (4-membered cyclic amide) rings is 1. The molecule has 0 spiro atoms. The van der Waals surface area contributed by atoms with Gasteiger partial charge in [0.25, 0.3) is 0 Å². The molecule has 2 heterocycles. The summed E-state index contributed by atoms with van der Waals surface area (Å²) in [5.74, 6) is 0.303. The van der Waals surface area contributed by atoms with Gasteiger partial charge in [-0.1, -0.05) is 24.3 Å². The van der Waals surface area contributed by atoms with E-state index in [1.165, 1.54) is 10.5 Å². The van der Waals surface area contributed by atoms with Crippen LogP contribution in [0.1, 0.15) is 29.9 Å². The summed E-state index contributed by atoms with van der Waals surface area (Å²) in [5, 5.41) is 11.9. The maximum absolute atomic E-state index is 11.4. The number of carbonyl (C=O) groups is 2. The third-order valence-electron chi connectivity index (χ3n) is 4.42. The molecule has 6 heteroatoms.